The summed E-state index contributed by atoms with van der Waals surface area (Å²) < 4.78 is 30.5. The van der Waals surface area contributed by atoms with Crippen LogP contribution in [0.3, 0.4) is 0 Å². The van der Waals surface area contributed by atoms with Gasteiger partial charge in [-0.2, -0.15) is 0 Å². The molecule has 3 aromatic rings. The Morgan fingerprint density at radius 3 is 2.68 bits per heavy atom. The molecule has 3 heterocycles. The van der Waals surface area contributed by atoms with Gasteiger partial charge in [0.15, 0.2) is 5.82 Å². The predicted octanol–water partition coefficient (Wildman–Crippen LogP) is 2.25. The fourth-order valence-corrected chi connectivity index (χ4v) is 3.80. The Hall–Kier alpha value is -3.45. The van der Waals surface area contributed by atoms with Crippen LogP contribution >= 0.6 is 0 Å². The fourth-order valence-electron chi connectivity index (χ4n) is 3.80. The molecule has 4 rings (SSSR count). The van der Waals surface area contributed by atoms with E-state index in [-0.39, 0.29) is 24.9 Å². The Balaban J connectivity index is 1.59. The number of imidazole rings is 1. The summed E-state index contributed by atoms with van der Waals surface area (Å²) in [6.45, 7) is 4.05. The van der Waals surface area contributed by atoms with Crippen molar-refractivity contribution in [1.82, 2.24) is 25.3 Å². The van der Waals surface area contributed by atoms with Gasteiger partial charge in [0.05, 0.1) is 35.7 Å². The number of nitrogens with two attached hydrogens (primary N) is 1. The SMILES string of the molecule is COCCCNc1nccc(-c2[nH]c(C3OCC(C)(C(=O)NCCN)CO3)nc2-c2ccc(F)cc2)n1. The quantitative estimate of drug-likeness (QED) is 0.283. The monoisotopic (exact) mass is 513 g/mol. The Morgan fingerprint density at radius 2 is 1.97 bits per heavy atom. The molecule has 11 nitrogen and oxygen atoms in total. The summed E-state index contributed by atoms with van der Waals surface area (Å²) in [5, 5.41) is 5.96. The van der Waals surface area contributed by atoms with Gasteiger partial charge >= 0.3 is 0 Å². The van der Waals surface area contributed by atoms with Crippen molar-refractivity contribution in [2.75, 3.05) is 51.9 Å². The number of methoxy groups -OCH3 is 1. The normalized spacial score (nSPS) is 19.5. The van der Waals surface area contributed by atoms with E-state index in [1.54, 1.807) is 38.4 Å². The first-order valence-corrected chi connectivity index (χ1v) is 12.1. The van der Waals surface area contributed by atoms with Crippen molar-refractivity contribution in [3.63, 3.8) is 0 Å². The van der Waals surface area contributed by atoms with Gasteiger partial charge in [-0.3, -0.25) is 4.79 Å². The number of hydrogen-bond donors (Lipinski definition) is 4. The number of aromatic amines is 1. The van der Waals surface area contributed by atoms with Gasteiger partial charge in [0, 0.05) is 45.1 Å². The highest BCUT2D eigenvalue weighted by atomic mass is 19.1. The van der Waals surface area contributed by atoms with E-state index in [4.69, 9.17) is 24.9 Å². The largest absolute Gasteiger partial charge is 0.385 e. The maximum Gasteiger partial charge on any atom is 0.230 e. The van der Waals surface area contributed by atoms with E-state index in [0.717, 1.165) is 6.42 Å². The van der Waals surface area contributed by atoms with Crippen LogP contribution in [0.15, 0.2) is 36.5 Å². The second kappa shape index (κ2) is 12.2. The van der Waals surface area contributed by atoms with Gasteiger partial charge in [-0.1, -0.05) is 0 Å². The molecular weight excluding hydrogens is 481 g/mol. The molecule has 0 bridgehead atoms. The zero-order valence-electron chi connectivity index (χ0n) is 20.9. The average molecular weight is 514 g/mol. The lowest BCUT2D eigenvalue weighted by Crippen LogP contribution is -2.49. The summed E-state index contributed by atoms with van der Waals surface area (Å²) >= 11 is 0. The smallest absolute Gasteiger partial charge is 0.230 e. The van der Waals surface area contributed by atoms with E-state index in [2.05, 4.69) is 25.6 Å². The standard InChI is InChI=1S/C25H32FN7O4/c1-25(23(34)28-12-9-27)14-36-22(37-15-25)21-32-19(16-4-6-17(26)7-5-16)20(33-21)18-8-11-30-24(31-18)29-10-3-13-35-2/h4-8,11,22H,3,9-10,12-15,27H2,1-2H3,(H,28,34)(H,32,33)(H,29,30,31). The van der Waals surface area contributed by atoms with E-state index in [0.29, 0.717) is 60.7 Å². The van der Waals surface area contributed by atoms with E-state index < -0.39 is 11.7 Å². The third-order valence-electron chi connectivity index (χ3n) is 5.87. The van der Waals surface area contributed by atoms with Gasteiger partial charge in [-0.25, -0.2) is 19.3 Å². The second-order valence-corrected chi connectivity index (χ2v) is 8.95. The van der Waals surface area contributed by atoms with Crippen LogP contribution in [0.25, 0.3) is 22.6 Å². The van der Waals surface area contributed by atoms with E-state index in [1.807, 2.05) is 0 Å². The number of hydrogen-bond acceptors (Lipinski definition) is 9. The summed E-state index contributed by atoms with van der Waals surface area (Å²) in [7, 11) is 1.65. The molecular formula is C25H32FN7O4. The zero-order chi connectivity index (χ0) is 26.3. The van der Waals surface area contributed by atoms with Crippen molar-refractivity contribution in [2.45, 2.75) is 19.6 Å². The van der Waals surface area contributed by atoms with Gasteiger partial charge in [-0.15, -0.1) is 0 Å². The zero-order valence-corrected chi connectivity index (χ0v) is 20.9. The molecule has 0 radical (unpaired) electrons. The molecule has 198 valence electrons. The minimum absolute atomic E-state index is 0.138. The number of nitrogens with one attached hydrogen (secondary N) is 3. The molecule has 1 aliphatic rings. The van der Waals surface area contributed by atoms with Crippen molar-refractivity contribution in [3.8, 4) is 22.6 Å². The summed E-state index contributed by atoms with van der Waals surface area (Å²) in [6, 6.07) is 7.78. The summed E-state index contributed by atoms with van der Waals surface area (Å²) in [5.41, 5.74) is 7.07. The van der Waals surface area contributed by atoms with Crippen molar-refractivity contribution < 1.29 is 23.4 Å². The second-order valence-electron chi connectivity index (χ2n) is 8.95. The topological polar surface area (TPSA) is 149 Å². The van der Waals surface area contributed by atoms with Gasteiger partial charge in [-0.05, 0) is 43.7 Å². The fraction of sp³-hybridized carbons (Fsp3) is 0.440. The van der Waals surface area contributed by atoms with Crippen LogP contribution in [0, 0.1) is 11.2 Å². The Bertz CT molecular complexity index is 1180. The number of benzene rings is 1. The summed E-state index contributed by atoms with van der Waals surface area (Å²) in [5.74, 6) is 0.332. The number of nitrogens with zero attached hydrogens (tertiary/aromatic N) is 3. The molecule has 0 atom stereocenters. The van der Waals surface area contributed by atoms with Gasteiger partial charge in [0.2, 0.25) is 18.1 Å². The maximum atomic E-state index is 13.6. The van der Waals surface area contributed by atoms with Crippen molar-refractivity contribution >= 4 is 11.9 Å². The summed E-state index contributed by atoms with van der Waals surface area (Å²) in [4.78, 5) is 29.4. The number of halogens is 1. The van der Waals surface area contributed by atoms with Crippen LogP contribution in [0.5, 0.6) is 0 Å². The highest BCUT2D eigenvalue weighted by molar-refractivity contribution is 5.82. The number of anilines is 1. The van der Waals surface area contributed by atoms with E-state index >= 15 is 0 Å². The van der Waals surface area contributed by atoms with E-state index in [9.17, 15) is 9.18 Å². The van der Waals surface area contributed by atoms with Crippen molar-refractivity contribution in [1.29, 1.82) is 0 Å². The number of aromatic nitrogens is 4. The summed E-state index contributed by atoms with van der Waals surface area (Å²) in [6.07, 6.45) is 1.63. The molecule has 1 fully saturated rings. The molecule has 0 aliphatic carbocycles. The number of rotatable bonds is 11. The molecule has 0 saturated carbocycles. The van der Waals surface area contributed by atoms with Gasteiger partial charge in [0.1, 0.15) is 5.82 Å². The molecule has 37 heavy (non-hydrogen) atoms. The lowest BCUT2D eigenvalue weighted by molar-refractivity contribution is -0.231. The molecule has 1 aromatic carbocycles. The number of carbonyl (C=O) groups excluding carboxylic acids is 1. The minimum Gasteiger partial charge on any atom is -0.385 e. The van der Waals surface area contributed by atoms with E-state index in [1.165, 1.54) is 12.1 Å². The van der Waals surface area contributed by atoms with Crippen LogP contribution in [0.4, 0.5) is 10.3 Å². The first kappa shape index (κ1) is 26.6. The third-order valence-corrected chi connectivity index (χ3v) is 5.87. The van der Waals surface area contributed by atoms with Crippen LogP contribution in [-0.2, 0) is 19.0 Å². The minimum atomic E-state index is -0.850. The third kappa shape index (κ3) is 6.46. The number of H-pyrrole nitrogens is 1. The molecule has 1 aliphatic heterocycles. The molecule has 2 aromatic heterocycles. The van der Waals surface area contributed by atoms with Crippen LogP contribution in [-0.4, -0.2) is 72.4 Å². The number of carbonyl (C=O) groups is 1. The molecule has 1 saturated heterocycles. The first-order valence-electron chi connectivity index (χ1n) is 12.1. The average Bonchev–Trinajstić information content (AvgIpc) is 3.36. The maximum absolute atomic E-state index is 13.6. The molecule has 0 unspecified atom stereocenters. The molecule has 5 N–H and O–H groups in total. The van der Waals surface area contributed by atoms with Crippen LogP contribution in [0.1, 0.15) is 25.5 Å². The lowest BCUT2D eigenvalue weighted by Gasteiger charge is -2.35. The van der Waals surface area contributed by atoms with Crippen molar-refractivity contribution in [2.24, 2.45) is 11.1 Å². The highest BCUT2D eigenvalue weighted by Crippen LogP contribution is 2.35. The van der Waals surface area contributed by atoms with Crippen LogP contribution in [0.2, 0.25) is 0 Å². The Kier molecular flexibility index (Phi) is 8.77. The molecule has 1 amide bonds. The molecule has 12 heteroatoms. The lowest BCUT2D eigenvalue weighted by atomic mass is 9.91. The number of amides is 1. The van der Waals surface area contributed by atoms with Gasteiger partial charge < -0.3 is 35.6 Å². The Morgan fingerprint density at radius 1 is 1.22 bits per heavy atom. The van der Waals surface area contributed by atoms with Gasteiger partial charge in [0.25, 0.3) is 0 Å². The predicted molar refractivity (Wildman–Crippen MR) is 135 cm³/mol. The number of ether oxygens (including phenoxy) is 3. The Labute approximate surface area is 214 Å². The van der Waals surface area contributed by atoms with Crippen LogP contribution < -0.4 is 16.4 Å². The molecule has 0 spiro atoms. The van der Waals surface area contributed by atoms with Crippen molar-refractivity contribution in [3.05, 3.63) is 48.2 Å². The highest BCUT2D eigenvalue weighted by Gasteiger charge is 2.40. The first-order chi connectivity index (χ1) is 17.9.